The van der Waals surface area contributed by atoms with E-state index in [1.807, 2.05) is 45.9 Å². The van der Waals surface area contributed by atoms with Gasteiger partial charge in [-0.1, -0.05) is 92.8 Å². The Balaban J connectivity index is 0.00000125. The molecule has 0 saturated carbocycles. The summed E-state index contributed by atoms with van der Waals surface area (Å²) >= 11 is 0. The topological polar surface area (TPSA) is 137 Å². The zero-order chi connectivity index (χ0) is 34.3. The summed E-state index contributed by atoms with van der Waals surface area (Å²) in [7, 11) is 1.25. The summed E-state index contributed by atoms with van der Waals surface area (Å²) in [5.74, 6) is -3.82. The summed E-state index contributed by atoms with van der Waals surface area (Å²) in [5, 5.41) is 16.2. The fourth-order valence-corrected chi connectivity index (χ4v) is 6.93. The van der Waals surface area contributed by atoms with E-state index in [2.05, 4.69) is 27.4 Å². The Morgan fingerprint density at radius 2 is 1.60 bits per heavy atom. The zero-order valence-electron chi connectivity index (χ0n) is 29.2. The van der Waals surface area contributed by atoms with Gasteiger partial charge in [0.05, 0.1) is 7.11 Å². The van der Waals surface area contributed by atoms with E-state index >= 15 is 0 Å². The van der Waals surface area contributed by atoms with Gasteiger partial charge in [-0.25, -0.2) is 0 Å². The molecule has 10 heteroatoms. The smallest absolute Gasteiger partial charge is 0.664 e. The number of carbonyl (C=O) groups excluding carboxylic acids is 2. The SMILES string of the molecule is C=Cc1c2[n-]c(c1C)/C=C1\[N-]/C(=C3\c4[n-]c(c(C)c4C(=O)[C@@H]3C(=O)OC)/C=c3\[n-]/c(c(C)c3CC)=C\2)[C@@H](CCC(=O)O)[C@@H]1C.CCC.[Mg+2]. The van der Waals surface area contributed by atoms with Gasteiger partial charge in [-0.05, 0) is 51.0 Å². The Labute approximate surface area is 297 Å². The fourth-order valence-electron chi connectivity index (χ4n) is 6.93. The molecule has 0 unspecified atom stereocenters. The predicted molar refractivity (Wildman–Crippen MR) is 189 cm³/mol. The molecule has 2 aliphatic heterocycles. The van der Waals surface area contributed by atoms with Crippen molar-refractivity contribution in [2.45, 2.75) is 74.1 Å². The van der Waals surface area contributed by atoms with Crippen molar-refractivity contribution in [2.24, 2.45) is 17.8 Å². The standard InChI is InChI=1S/C35H36N4O5.C3H8.Mg/c1-8-19-15(3)22-12-24-17(5)21(10-11-28(40)41)32(38-24)30-31(35(43)44-7)34(42)29-18(6)25(39-33(29)30)14-27-20(9-2)16(4)23(37-27)13-26(19)36-22;1-3-2;/h8,12-14,17,21,31H,1,9-11H2,2-7H3,(H3,38,39,40,41,42);3H2,1-2H3;/q-2;;+2/p-2/b23-13-,24-12-,27-14-;;/t17-,21-,31+;;/m0../s1. The van der Waals surface area contributed by atoms with Crippen molar-refractivity contribution >= 4 is 70.7 Å². The number of ether oxygens (including phenoxy) is 1. The van der Waals surface area contributed by atoms with E-state index in [1.165, 1.54) is 13.5 Å². The molecular formula is C38H42MgN4O5-2. The van der Waals surface area contributed by atoms with Crippen LogP contribution in [0.2, 0.25) is 0 Å². The number of aliphatic carboxylic acids is 1. The average Bonchev–Trinajstić information content (AvgIpc) is 3.77. The molecule has 1 N–H and O–H groups in total. The summed E-state index contributed by atoms with van der Waals surface area (Å²) in [6.45, 7) is 18.2. The summed E-state index contributed by atoms with van der Waals surface area (Å²) in [5.41, 5.74) is 9.03. The van der Waals surface area contributed by atoms with Crippen molar-refractivity contribution in [2.75, 3.05) is 7.11 Å². The van der Waals surface area contributed by atoms with Gasteiger partial charge >= 0.3 is 35.0 Å². The number of carboxylic acids is 1. The van der Waals surface area contributed by atoms with E-state index < -0.39 is 17.9 Å². The second-order valence-electron chi connectivity index (χ2n) is 12.4. The number of aromatic nitrogens is 3. The number of hydrogen-bond donors (Lipinski definition) is 1. The Hall–Kier alpha value is -4.02. The monoisotopic (exact) mass is 658 g/mol. The summed E-state index contributed by atoms with van der Waals surface area (Å²) in [4.78, 5) is 53.8. The van der Waals surface area contributed by atoms with E-state index in [4.69, 9.17) is 25.0 Å². The maximum Gasteiger partial charge on any atom is 2.00 e. The van der Waals surface area contributed by atoms with Gasteiger partial charge in [-0.3, -0.25) is 14.4 Å². The van der Waals surface area contributed by atoms with Crippen molar-refractivity contribution < 1.29 is 24.2 Å². The first-order valence-electron chi connectivity index (χ1n) is 16.3. The van der Waals surface area contributed by atoms with Crippen molar-refractivity contribution in [3.05, 3.63) is 90.1 Å². The van der Waals surface area contributed by atoms with Gasteiger partial charge in [0.1, 0.15) is 5.92 Å². The van der Waals surface area contributed by atoms with Crippen LogP contribution in [0.5, 0.6) is 0 Å². The van der Waals surface area contributed by atoms with Crippen LogP contribution in [-0.4, -0.2) is 53.0 Å². The number of nitrogens with zero attached hydrogens (tertiary/aromatic N) is 4. The van der Waals surface area contributed by atoms with Gasteiger partial charge in [0.2, 0.25) is 0 Å². The minimum atomic E-state index is -1.23. The number of rotatable bonds is 6. The Morgan fingerprint density at radius 1 is 0.958 bits per heavy atom. The van der Waals surface area contributed by atoms with Gasteiger partial charge in [0.25, 0.3) is 0 Å². The fraction of sp³-hybridized carbons (Fsp3) is 0.395. The van der Waals surface area contributed by atoms with Crippen LogP contribution in [-0.2, 0) is 20.7 Å². The van der Waals surface area contributed by atoms with Crippen LogP contribution in [0.3, 0.4) is 0 Å². The number of esters is 1. The van der Waals surface area contributed by atoms with Crippen LogP contribution in [0.15, 0.2) is 18.0 Å². The maximum atomic E-state index is 14.0. The second-order valence-corrected chi connectivity index (χ2v) is 12.4. The molecule has 3 aliphatic rings. The van der Waals surface area contributed by atoms with Crippen LogP contribution < -0.4 is 25.7 Å². The molecule has 48 heavy (non-hydrogen) atoms. The third kappa shape index (κ3) is 6.16. The Morgan fingerprint density at radius 3 is 2.21 bits per heavy atom. The van der Waals surface area contributed by atoms with Crippen molar-refractivity contribution in [3.8, 4) is 0 Å². The Bertz CT molecular complexity index is 1990. The molecule has 1 saturated heterocycles. The minimum absolute atomic E-state index is 0. The summed E-state index contributed by atoms with van der Waals surface area (Å²) in [6.07, 6.45) is 9.76. The molecule has 0 aromatic carbocycles. The number of fused-ring (bicyclic) bond motifs is 7. The van der Waals surface area contributed by atoms with Gasteiger partial charge in [-0.15, -0.1) is 33.5 Å². The molecule has 0 spiro atoms. The first-order valence-corrected chi connectivity index (χ1v) is 16.3. The second kappa shape index (κ2) is 14.6. The minimum Gasteiger partial charge on any atom is -0.664 e. The zero-order valence-corrected chi connectivity index (χ0v) is 30.6. The number of allylic oxidation sites excluding steroid dienone is 2. The molecule has 6 rings (SSSR count). The molecule has 3 aromatic heterocycles. The molecule has 3 atom stereocenters. The normalized spacial score (nSPS) is 22.9. The molecule has 9 nitrogen and oxygen atoms in total. The molecule has 0 radical (unpaired) electrons. The van der Waals surface area contributed by atoms with E-state index in [0.29, 0.717) is 39.5 Å². The predicted octanol–water partition coefficient (Wildman–Crippen LogP) is 4.94. The van der Waals surface area contributed by atoms with Crippen molar-refractivity contribution in [3.63, 3.8) is 0 Å². The van der Waals surface area contributed by atoms with Crippen molar-refractivity contribution in [1.82, 2.24) is 15.0 Å². The van der Waals surface area contributed by atoms with Gasteiger partial charge in [-0.2, -0.15) is 11.4 Å². The molecule has 3 aromatic rings. The first kappa shape index (κ1) is 36.8. The van der Waals surface area contributed by atoms with E-state index in [-0.39, 0.29) is 53.5 Å². The van der Waals surface area contributed by atoms with E-state index in [0.717, 1.165) is 50.8 Å². The Kier molecular flexibility index (Phi) is 11.2. The number of hydrogen-bond acceptors (Lipinski definition) is 4. The molecule has 1 aliphatic carbocycles. The molecule has 0 amide bonds. The van der Waals surface area contributed by atoms with Crippen LogP contribution in [0.1, 0.15) is 108 Å². The maximum absolute atomic E-state index is 14.0. The van der Waals surface area contributed by atoms with Crippen LogP contribution in [0.25, 0.3) is 35.2 Å². The molecule has 248 valence electrons. The van der Waals surface area contributed by atoms with Gasteiger partial charge in [0.15, 0.2) is 5.78 Å². The molecule has 8 bridgehead atoms. The molecule has 1 fully saturated rings. The third-order valence-electron chi connectivity index (χ3n) is 9.41. The van der Waals surface area contributed by atoms with Crippen molar-refractivity contribution in [1.29, 1.82) is 0 Å². The average molecular weight is 659 g/mol. The van der Waals surface area contributed by atoms with Gasteiger partial charge in [0, 0.05) is 12.0 Å². The third-order valence-corrected chi connectivity index (χ3v) is 9.41. The number of carbonyl (C=O) groups is 3. The number of methoxy groups -OCH3 is 1. The summed E-state index contributed by atoms with van der Waals surface area (Å²) < 4.78 is 5.11. The number of ketones is 1. The van der Waals surface area contributed by atoms with E-state index in [1.54, 1.807) is 6.08 Å². The summed E-state index contributed by atoms with van der Waals surface area (Å²) in [6, 6.07) is 0. The molecule has 5 heterocycles. The van der Waals surface area contributed by atoms with E-state index in [9.17, 15) is 19.5 Å². The number of Topliss-reactive ketones (excluding diaryl/α,β-unsaturated/α-hetero) is 1. The quantitative estimate of drug-likeness (QED) is 0.224. The van der Waals surface area contributed by atoms with Gasteiger partial charge < -0.3 is 30.1 Å². The first-order chi connectivity index (χ1) is 22.4. The largest absolute Gasteiger partial charge is 2.00 e. The van der Waals surface area contributed by atoms with Crippen LogP contribution in [0, 0.1) is 38.5 Å². The van der Waals surface area contributed by atoms with Crippen LogP contribution in [0.4, 0.5) is 0 Å². The molecular weight excluding hydrogens is 617 g/mol. The van der Waals surface area contributed by atoms with Crippen LogP contribution >= 0.6 is 0 Å². The number of carboxylic acid groups (broad SMARTS) is 1.